The van der Waals surface area contributed by atoms with Crippen LogP contribution in [-0.2, 0) is 16.0 Å². The molecule has 0 unspecified atom stereocenters. The first-order valence-electron chi connectivity index (χ1n) is 10.6. The van der Waals surface area contributed by atoms with Gasteiger partial charge < -0.3 is 24.8 Å². The number of benzene rings is 1. The van der Waals surface area contributed by atoms with Crippen molar-refractivity contribution in [1.82, 2.24) is 10.6 Å². The standard InChI is InChI=1S/C22H37N3O3.HI/c1-4-23-22(24-12-5-13-27-17-20-10-14-26-15-11-20)25-16-19-6-8-21(9-7-19)28-18(2)3;/h6-9,18,20H,4-5,10-17H2,1-3H3,(H2,23,24,25);1H. The van der Waals surface area contributed by atoms with E-state index in [2.05, 4.69) is 34.7 Å². The zero-order chi connectivity index (χ0) is 20.0. The van der Waals surface area contributed by atoms with Gasteiger partial charge >= 0.3 is 0 Å². The molecule has 29 heavy (non-hydrogen) atoms. The lowest BCUT2D eigenvalue weighted by Crippen LogP contribution is -2.38. The average molecular weight is 519 g/mol. The molecule has 0 atom stereocenters. The first-order chi connectivity index (χ1) is 13.7. The summed E-state index contributed by atoms with van der Waals surface area (Å²) in [6, 6.07) is 8.13. The number of aliphatic imine (C=N–C) groups is 1. The topological polar surface area (TPSA) is 64.1 Å². The van der Waals surface area contributed by atoms with Gasteiger partial charge in [0.1, 0.15) is 5.75 Å². The Kier molecular flexibility index (Phi) is 14.1. The van der Waals surface area contributed by atoms with E-state index in [9.17, 15) is 0 Å². The molecule has 166 valence electrons. The summed E-state index contributed by atoms with van der Waals surface area (Å²) in [5.41, 5.74) is 1.16. The molecular formula is C22H38IN3O3. The smallest absolute Gasteiger partial charge is 0.191 e. The minimum absolute atomic E-state index is 0. The summed E-state index contributed by atoms with van der Waals surface area (Å²) >= 11 is 0. The third-order valence-corrected chi connectivity index (χ3v) is 4.51. The van der Waals surface area contributed by atoms with Gasteiger partial charge in [-0.1, -0.05) is 12.1 Å². The minimum atomic E-state index is 0. The Hall–Kier alpha value is -1.06. The molecule has 0 bridgehead atoms. The Morgan fingerprint density at radius 2 is 1.90 bits per heavy atom. The number of hydrogen-bond donors (Lipinski definition) is 2. The van der Waals surface area contributed by atoms with Gasteiger partial charge in [0, 0.05) is 39.5 Å². The van der Waals surface area contributed by atoms with Crippen LogP contribution < -0.4 is 15.4 Å². The first kappa shape index (κ1) is 26.0. The fraction of sp³-hybridized carbons (Fsp3) is 0.682. The van der Waals surface area contributed by atoms with Crippen LogP contribution in [-0.4, -0.2) is 51.6 Å². The summed E-state index contributed by atoms with van der Waals surface area (Å²) < 4.78 is 16.9. The number of rotatable bonds is 11. The molecule has 1 heterocycles. The molecule has 1 fully saturated rings. The number of guanidine groups is 1. The summed E-state index contributed by atoms with van der Waals surface area (Å²) in [5.74, 6) is 2.40. The van der Waals surface area contributed by atoms with Gasteiger partial charge in [0.15, 0.2) is 5.96 Å². The van der Waals surface area contributed by atoms with Gasteiger partial charge in [-0.15, -0.1) is 24.0 Å². The number of halogens is 1. The number of ether oxygens (including phenoxy) is 3. The van der Waals surface area contributed by atoms with Crippen molar-refractivity contribution >= 4 is 29.9 Å². The van der Waals surface area contributed by atoms with Crippen molar-refractivity contribution in [1.29, 1.82) is 0 Å². The Bertz CT molecular complexity index is 561. The fourth-order valence-electron chi connectivity index (χ4n) is 3.00. The number of nitrogens with zero attached hydrogens (tertiary/aromatic N) is 1. The predicted molar refractivity (Wildman–Crippen MR) is 129 cm³/mol. The van der Waals surface area contributed by atoms with Crippen LogP contribution in [0.4, 0.5) is 0 Å². The fourth-order valence-corrected chi connectivity index (χ4v) is 3.00. The molecule has 1 aliphatic rings. The molecular weight excluding hydrogens is 481 g/mol. The van der Waals surface area contributed by atoms with E-state index < -0.39 is 0 Å². The quantitative estimate of drug-likeness (QED) is 0.201. The lowest BCUT2D eigenvalue weighted by atomic mass is 10.0. The van der Waals surface area contributed by atoms with Gasteiger partial charge in [-0.05, 0) is 63.6 Å². The highest BCUT2D eigenvalue weighted by Crippen LogP contribution is 2.15. The SMILES string of the molecule is CCNC(=NCc1ccc(OC(C)C)cc1)NCCCOCC1CCOCC1.I. The van der Waals surface area contributed by atoms with Crippen molar-refractivity contribution in [3.8, 4) is 5.75 Å². The van der Waals surface area contributed by atoms with E-state index >= 15 is 0 Å². The van der Waals surface area contributed by atoms with Crippen molar-refractivity contribution in [3.05, 3.63) is 29.8 Å². The molecule has 6 nitrogen and oxygen atoms in total. The van der Waals surface area contributed by atoms with Crippen molar-refractivity contribution in [2.24, 2.45) is 10.9 Å². The molecule has 7 heteroatoms. The summed E-state index contributed by atoms with van der Waals surface area (Å²) in [6.45, 7) is 11.9. The second kappa shape index (κ2) is 15.7. The van der Waals surface area contributed by atoms with Crippen LogP contribution in [0.25, 0.3) is 0 Å². The van der Waals surface area contributed by atoms with Crippen LogP contribution in [0.3, 0.4) is 0 Å². The zero-order valence-electron chi connectivity index (χ0n) is 18.1. The number of nitrogens with one attached hydrogen (secondary N) is 2. The van der Waals surface area contributed by atoms with Gasteiger partial charge in [-0.2, -0.15) is 0 Å². The summed E-state index contributed by atoms with van der Waals surface area (Å²) in [6.07, 6.45) is 3.41. The second-order valence-electron chi connectivity index (χ2n) is 7.42. The maximum atomic E-state index is 5.82. The van der Waals surface area contributed by atoms with Crippen LogP contribution >= 0.6 is 24.0 Å². The molecule has 2 N–H and O–H groups in total. The lowest BCUT2D eigenvalue weighted by molar-refractivity contribution is 0.0203. The van der Waals surface area contributed by atoms with Crippen molar-refractivity contribution < 1.29 is 14.2 Å². The highest BCUT2D eigenvalue weighted by molar-refractivity contribution is 14.0. The Balaban J connectivity index is 0.00000420. The summed E-state index contributed by atoms with van der Waals surface area (Å²) in [5, 5.41) is 6.67. The third-order valence-electron chi connectivity index (χ3n) is 4.51. The van der Waals surface area contributed by atoms with Gasteiger partial charge in [0.05, 0.1) is 12.6 Å². The molecule has 0 aliphatic carbocycles. The lowest BCUT2D eigenvalue weighted by Gasteiger charge is -2.21. The maximum absolute atomic E-state index is 5.82. The Morgan fingerprint density at radius 1 is 1.17 bits per heavy atom. The largest absolute Gasteiger partial charge is 0.491 e. The molecule has 1 aromatic rings. The molecule has 0 spiro atoms. The Morgan fingerprint density at radius 3 is 2.55 bits per heavy atom. The molecule has 1 saturated heterocycles. The Labute approximate surface area is 193 Å². The summed E-state index contributed by atoms with van der Waals surface area (Å²) in [4.78, 5) is 4.66. The van der Waals surface area contributed by atoms with Gasteiger partial charge in [-0.3, -0.25) is 0 Å². The zero-order valence-corrected chi connectivity index (χ0v) is 20.4. The van der Waals surface area contributed by atoms with Crippen molar-refractivity contribution in [2.45, 2.75) is 52.7 Å². The van der Waals surface area contributed by atoms with Crippen LogP contribution in [0.15, 0.2) is 29.3 Å². The third kappa shape index (κ3) is 11.6. The minimum Gasteiger partial charge on any atom is -0.491 e. The maximum Gasteiger partial charge on any atom is 0.191 e. The normalized spacial score (nSPS) is 15.1. The molecule has 0 saturated carbocycles. The van der Waals surface area contributed by atoms with Crippen LogP contribution in [0, 0.1) is 5.92 Å². The monoisotopic (exact) mass is 519 g/mol. The molecule has 0 aromatic heterocycles. The van der Waals surface area contributed by atoms with Crippen molar-refractivity contribution in [3.63, 3.8) is 0 Å². The van der Waals surface area contributed by atoms with Crippen LogP contribution in [0.1, 0.15) is 45.6 Å². The van der Waals surface area contributed by atoms with Gasteiger partial charge in [0.25, 0.3) is 0 Å². The molecule has 1 aliphatic heterocycles. The summed E-state index contributed by atoms with van der Waals surface area (Å²) in [7, 11) is 0. The average Bonchev–Trinajstić information content (AvgIpc) is 2.70. The van der Waals surface area contributed by atoms with E-state index in [1.165, 1.54) is 0 Å². The van der Waals surface area contributed by atoms with E-state index in [1.54, 1.807) is 0 Å². The van der Waals surface area contributed by atoms with E-state index in [-0.39, 0.29) is 30.1 Å². The predicted octanol–water partition coefficient (Wildman–Crippen LogP) is 3.98. The highest BCUT2D eigenvalue weighted by Gasteiger charge is 2.13. The van der Waals surface area contributed by atoms with E-state index in [0.29, 0.717) is 12.5 Å². The van der Waals surface area contributed by atoms with E-state index in [4.69, 9.17) is 14.2 Å². The van der Waals surface area contributed by atoms with E-state index in [1.807, 2.05) is 26.0 Å². The van der Waals surface area contributed by atoms with Crippen LogP contribution in [0.2, 0.25) is 0 Å². The van der Waals surface area contributed by atoms with Crippen LogP contribution in [0.5, 0.6) is 5.75 Å². The first-order valence-corrected chi connectivity index (χ1v) is 10.6. The molecule has 0 radical (unpaired) electrons. The second-order valence-corrected chi connectivity index (χ2v) is 7.42. The van der Waals surface area contributed by atoms with E-state index in [0.717, 1.165) is 76.1 Å². The van der Waals surface area contributed by atoms with Gasteiger partial charge in [-0.25, -0.2) is 4.99 Å². The molecule has 2 rings (SSSR count). The number of hydrogen-bond acceptors (Lipinski definition) is 4. The van der Waals surface area contributed by atoms with Gasteiger partial charge in [0.2, 0.25) is 0 Å². The molecule has 0 amide bonds. The van der Waals surface area contributed by atoms with Crippen molar-refractivity contribution in [2.75, 3.05) is 39.5 Å². The molecule has 1 aromatic carbocycles. The highest BCUT2D eigenvalue weighted by atomic mass is 127.